The van der Waals surface area contributed by atoms with Crippen LogP contribution in [0.5, 0.6) is 0 Å². The predicted molar refractivity (Wildman–Crippen MR) is 164 cm³/mol. The van der Waals surface area contributed by atoms with E-state index < -0.39 is 5.60 Å². The van der Waals surface area contributed by atoms with Crippen LogP contribution < -0.4 is 5.32 Å². The highest BCUT2D eigenvalue weighted by Crippen LogP contribution is 2.40. The summed E-state index contributed by atoms with van der Waals surface area (Å²) in [5, 5.41) is 14.6. The van der Waals surface area contributed by atoms with Crippen molar-refractivity contribution in [3.05, 3.63) is 52.5 Å². The van der Waals surface area contributed by atoms with Crippen molar-refractivity contribution in [3.8, 4) is 11.1 Å². The van der Waals surface area contributed by atoms with Gasteiger partial charge in [0.05, 0.1) is 10.6 Å². The van der Waals surface area contributed by atoms with Gasteiger partial charge in [0.1, 0.15) is 5.60 Å². The van der Waals surface area contributed by atoms with Gasteiger partial charge < -0.3 is 20.2 Å². The summed E-state index contributed by atoms with van der Waals surface area (Å²) in [6.45, 7) is 1.76. The van der Waals surface area contributed by atoms with Crippen molar-refractivity contribution in [1.29, 1.82) is 0 Å². The zero-order valence-corrected chi connectivity index (χ0v) is 25.0. The molecule has 0 bridgehead atoms. The number of amides is 2. The second-order valence-electron chi connectivity index (χ2n) is 12.9. The molecule has 0 atom stereocenters. The number of nitrogens with zero attached hydrogens (tertiary/aromatic N) is 2. The number of benzene rings is 2. The molecule has 1 saturated heterocycles. The Bertz CT molecular complexity index is 1270. The van der Waals surface area contributed by atoms with E-state index in [4.69, 9.17) is 11.6 Å². The lowest BCUT2D eigenvalue weighted by molar-refractivity contribution is -0.143. The summed E-state index contributed by atoms with van der Waals surface area (Å²) in [7, 11) is 0. The first-order valence-electron chi connectivity index (χ1n) is 15.9. The molecule has 220 valence electrons. The Hall–Kier alpha value is -2.57. The number of hydrogen-bond acceptors (Lipinski definition) is 4. The summed E-state index contributed by atoms with van der Waals surface area (Å²) in [4.78, 5) is 29.1. The van der Waals surface area contributed by atoms with Gasteiger partial charge >= 0.3 is 0 Å². The van der Waals surface area contributed by atoms with Gasteiger partial charge in [-0.25, -0.2) is 0 Å². The van der Waals surface area contributed by atoms with Gasteiger partial charge in [0.25, 0.3) is 11.8 Å². The molecule has 2 heterocycles. The predicted octanol–water partition coefficient (Wildman–Crippen LogP) is 6.83. The molecule has 7 heteroatoms. The van der Waals surface area contributed by atoms with Crippen molar-refractivity contribution >= 4 is 29.1 Å². The number of carbonyl (C=O) groups is 2. The standard InChI is InChI=1S/C34H44ClN3O3/c35-29-24-26(9-11-28(29)31(39)37-19-21-38(22-20-37)32(40)34(41)17-18-34)25-10-12-30-27(23-25)13-16-33(36-30)14-7-5-3-1-2-4-6-8-15-33/h9-12,23-24,36,41H,1-8,13-22H2. The number of hydrogen-bond donors (Lipinski definition) is 2. The lowest BCUT2D eigenvalue weighted by Gasteiger charge is -2.41. The van der Waals surface area contributed by atoms with E-state index in [-0.39, 0.29) is 17.4 Å². The highest BCUT2D eigenvalue weighted by atomic mass is 35.5. The fraction of sp³-hybridized carbons (Fsp3) is 0.588. The van der Waals surface area contributed by atoms with Gasteiger partial charge in [-0.15, -0.1) is 0 Å². The minimum absolute atomic E-state index is 0.111. The summed E-state index contributed by atoms with van der Waals surface area (Å²) < 4.78 is 0. The fourth-order valence-electron chi connectivity index (χ4n) is 7.09. The number of aryl methyl sites for hydroxylation is 1. The van der Waals surface area contributed by atoms with E-state index in [9.17, 15) is 14.7 Å². The smallest absolute Gasteiger partial charge is 0.255 e. The largest absolute Gasteiger partial charge is 0.380 e. The van der Waals surface area contributed by atoms with E-state index in [2.05, 4.69) is 23.5 Å². The van der Waals surface area contributed by atoms with Gasteiger partial charge in [-0.05, 0) is 79.5 Å². The van der Waals surface area contributed by atoms with E-state index in [1.54, 1.807) is 9.80 Å². The van der Waals surface area contributed by atoms with Gasteiger partial charge in [-0.2, -0.15) is 0 Å². The van der Waals surface area contributed by atoms with Crippen LogP contribution in [0, 0.1) is 0 Å². The normalized spacial score (nSPS) is 22.3. The molecular weight excluding hydrogens is 534 g/mol. The van der Waals surface area contributed by atoms with Crippen LogP contribution in [0.2, 0.25) is 5.02 Å². The number of nitrogens with one attached hydrogen (secondary N) is 1. The minimum atomic E-state index is -1.16. The lowest BCUT2D eigenvalue weighted by Crippen LogP contribution is -2.53. The van der Waals surface area contributed by atoms with Crippen molar-refractivity contribution in [2.24, 2.45) is 0 Å². The molecule has 2 aliphatic carbocycles. The third-order valence-electron chi connectivity index (χ3n) is 9.95. The van der Waals surface area contributed by atoms with Gasteiger partial charge in [0.15, 0.2) is 0 Å². The average Bonchev–Trinajstić information content (AvgIpc) is 3.75. The van der Waals surface area contributed by atoms with Crippen LogP contribution >= 0.6 is 11.6 Å². The molecule has 1 spiro atoms. The van der Waals surface area contributed by atoms with Crippen molar-refractivity contribution in [2.75, 3.05) is 31.5 Å². The van der Waals surface area contributed by atoms with Gasteiger partial charge in [-0.1, -0.05) is 75.1 Å². The van der Waals surface area contributed by atoms with Crippen LogP contribution in [0.4, 0.5) is 5.69 Å². The third kappa shape index (κ3) is 6.29. The molecule has 6 nitrogen and oxygen atoms in total. The Morgan fingerprint density at radius 1 is 0.732 bits per heavy atom. The summed E-state index contributed by atoms with van der Waals surface area (Å²) in [6, 6.07) is 12.4. The first kappa shape index (κ1) is 28.5. The van der Waals surface area contributed by atoms with Gasteiger partial charge in [-0.3, -0.25) is 9.59 Å². The quantitative estimate of drug-likeness (QED) is 0.419. The number of fused-ring (bicyclic) bond motifs is 1. The highest BCUT2D eigenvalue weighted by molar-refractivity contribution is 6.34. The maximum absolute atomic E-state index is 13.3. The molecule has 2 amide bonds. The van der Waals surface area contributed by atoms with Crippen molar-refractivity contribution in [1.82, 2.24) is 9.80 Å². The number of halogens is 1. The third-order valence-corrected chi connectivity index (χ3v) is 10.3. The molecule has 0 aromatic heterocycles. The number of carbonyl (C=O) groups excluding carboxylic acids is 2. The van der Waals surface area contributed by atoms with Crippen molar-refractivity contribution < 1.29 is 14.7 Å². The Morgan fingerprint density at radius 2 is 1.32 bits per heavy atom. The molecule has 41 heavy (non-hydrogen) atoms. The van der Waals surface area contributed by atoms with Gasteiger partial charge in [0, 0.05) is 37.4 Å². The van der Waals surface area contributed by atoms with E-state index >= 15 is 0 Å². The maximum atomic E-state index is 13.3. The molecule has 2 aliphatic heterocycles. The van der Waals surface area contributed by atoms with Crippen LogP contribution in [0.25, 0.3) is 11.1 Å². The van der Waals surface area contributed by atoms with Crippen LogP contribution in [-0.4, -0.2) is 64.0 Å². The van der Waals surface area contributed by atoms with Gasteiger partial charge in [0.2, 0.25) is 0 Å². The van der Waals surface area contributed by atoms with Crippen LogP contribution in [0.1, 0.15) is 99.4 Å². The molecule has 2 aromatic carbocycles. The summed E-state index contributed by atoms with van der Waals surface area (Å²) in [6.07, 6.45) is 16.8. The topological polar surface area (TPSA) is 72.9 Å². The number of anilines is 1. The first-order valence-corrected chi connectivity index (χ1v) is 16.3. The lowest BCUT2D eigenvalue weighted by atomic mass is 9.78. The van der Waals surface area contributed by atoms with Crippen molar-refractivity contribution in [2.45, 2.75) is 101 Å². The van der Waals surface area contributed by atoms with E-state index in [0.717, 1.165) is 17.5 Å². The summed E-state index contributed by atoms with van der Waals surface area (Å²) in [5.41, 5.74) is 4.34. The Labute approximate surface area is 249 Å². The molecule has 0 radical (unpaired) electrons. The minimum Gasteiger partial charge on any atom is -0.380 e. The Morgan fingerprint density at radius 3 is 1.95 bits per heavy atom. The van der Waals surface area contributed by atoms with E-state index in [0.29, 0.717) is 49.6 Å². The maximum Gasteiger partial charge on any atom is 0.255 e. The van der Waals surface area contributed by atoms with Crippen LogP contribution in [-0.2, 0) is 11.2 Å². The zero-order chi connectivity index (χ0) is 28.5. The molecule has 4 aliphatic rings. The molecule has 2 N–H and O–H groups in total. The SMILES string of the molecule is O=C(c1ccc(-c2ccc3c(c2)CCC2(CCCCCCCCCC2)N3)cc1Cl)N1CCN(C(=O)C2(O)CC2)CC1. The molecule has 3 fully saturated rings. The summed E-state index contributed by atoms with van der Waals surface area (Å²) >= 11 is 6.69. The molecule has 2 aromatic rings. The Kier molecular flexibility index (Phi) is 8.33. The second kappa shape index (κ2) is 12.0. The van der Waals surface area contributed by atoms with Crippen LogP contribution in [0.3, 0.4) is 0 Å². The number of rotatable bonds is 3. The molecule has 6 rings (SSSR count). The molecule has 2 saturated carbocycles. The zero-order valence-electron chi connectivity index (χ0n) is 24.2. The fourth-order valence-corrected chi connectivity index (χ4v) is 7.35. The molecular formula is C34H44ClN3O3. The monoisotopic (exact) mass is 577 g/mol. The average molecular weight is 578 g/mol. The number of piperazine rings is 1. The van der Waals surface area contributed by atoms with E-state index in [1.165, 1.54) is 81.9 Å². The highest BCUT2D eigenvalue weighted by Gasteiger charge is 2.50. The van der Waals surface area contributed by atoms with Crippen LogP contribution in [0.15, 0.2) is 36.4 Å². The second-order valence-corrected chi connectivity index (χ2v) is 13.3. The van der Waals surface area contributed by atoms with E-state index in [1.807, 2.05) is 18.2 Å². The molecule has 0 unspecified atom stereocenters. The number of aliphatic hydroxyl groups is 1. The Balaban J connectivity index is 1.11. The first-order chi connectivity index (χ1) is 19.9. The summed E-state index contributed by atoms with van der Waals surface area (Å²) in [5.74, 6) is -0.312. The van der Waals surface area contributed by atoms with Crippen molar-refractivity contribution in [3.63, 3.8) is 0 Å².